The molecule has 1 aliphatic rings. The van der Waals surface area contributed by atoms with Crippen molar-refractivity contribution in [3.8, 4) is 5.69 Å². The number of aromatic nitrogens is 4. The second kappa shape index (κ2) is 8.14. The van der Waals surface area contributed by atoms with E-state index in [9.17, 15) is 4.79 Å². The van der Waals surface area contributed by atoms with Gasteiger partial charge >= 0.3 is 5.97 Å². The van der Waals surface area contributed by atoms with Crippen molar-refractivity contribution in [2.45, 2.75) is 25.7 Å². The van der Waals surface area contributed by atoms with Gasteiger partial charge < -0.3 is 10.1 Å². The summed E-state index contributed by atoms with van der Waals surface area (Å²) >= 11 is 6.11. The van der Waals surface area contributed by atoms with Crippen molar-refractivity contribution < 1.29 is 9.53 Å². The molecule has 1 saturated carbocycles. The Bertz CT molecular complexity index is 990. The molecule has 0 radical (unpaired) electrons. The first-order chi connectivity index (χ1) is 13.7. The fraction of sp³-hybridized carbons (Fsp3) is 0.400. The van der Waals surface area contributed by atoms with Crippen LogP contribution in [-0.2, 0) is 9.53 Å². The molecule has 0 aliphatic heterocycles. The molecule has 8 heteroatoms. The molecular formula is C20H22ClN5O2. The van der Waals surface area contributed by atoms with Crippen LogP contribution in [0.5, 0.6) is 0 Å². The quantitative estimate of drug-likeness (QED) is 0.656. The molecule has 2 aromatic heterocycles. The molecular weight excluding hydrogens is 378 g/mol. The molecule has 4 rings (SSSR count). The number of carbonyl (C=O) groups excluding carboxylic acids is 1. The van der Waals surface area contributed by atoms with Gasteiger partial charge in [0.05, 0.1) is 30.3 Å². The molecule has 0 bridgehead atoms. The predicted octanol–water partition coefficient (Wildman–Crippen LogP) is 3.86. The van der Waals surface area contributed by atoms with E-state index in [2.05, 4.69) is 20.4 Å². The Morgan fingerprint density at radius 2 is 2.18 bits per heavy atom. The third-order valence-corrected chi connectivity index (χ3v) is 5.60. The minimum atomic E-state index is -0.117. The van der Waals surface area contributed by atoms with E-state index in [4.69, 9.17) is 16.3 Å². The molecule has 28 heavy (non-hydrogen) atoms. The number of benzene rings is 1. The number of halogens is 1. The lowest BCUT2D eigenvalue weighted by Gasteiger charge is -2.29. The summed E-state index contributed by atoms with van der Waals surface area (Å²) in [5.41, 5.74) is 1.54. The molecule has 0 amide bonds. The second-order valence-corrected chi connectivity index (χ2v) is 7.49. The maximum atomic E-state index is 12.1. The Kier molecular flexibility index (Phi) is 5.43. The first-order valence-corrected chi connectivity index (χ1v) is 9.81. The maximum Gasteiger partial charge on any atom is 0.309 e. The number of methoxy groups -OCH3 is 1. The van der Waals surface area contributed by atoms with E-state index in [1.165, 1.54) is 13.4 Å². The van der Waals surface area contributed by atoms with Crippen molar-refractivity contribution in [1.82, 2.24) is 19.7 Å². The zero-order valence-electron chi connectivity index (χ0n) is 15.6. The van der Waals surface area contributed by atoms with Crippen LogP contribution in [0, 0.1) is 11.8 Å². The van der Waals surface area contributed by atoms with Gasteiger partial charge in [0.25, 0.3) is 0 Å². The highest BCUT2D eigenvalue weighted by atomic mass is 35.5. The minimum absolute atomic E-state index is 0.0576. The Labute approximate surface area is 168 Å². The molecule has 2 unspecified atom stereocenters. The number of carbonyl (C=O) groups is 1. The first-order valence-electron chi connectivity index (χ1n) is 9.43. The van der Waals surface area contributed by atoms with Crippen molar-refractivity contribution >= 4 is 34.4 Å². The molecule has 7 nitrogen and oxygen atoms in total. The van der Waals surface area contributed by atoms with E-state index in [1.807, 2.05) is 24.3 Å². The number of rotatable bonds is 5. The summed E-state index contributed by atoms with van der Waals surface area (Å²) in [6.45, 7) is 0.661. The second-order valence-electron chi connectivity index (χ2n) is 7.05. The molecule has 1 aliphatic carbocycles. The van der Waals surface area contributed by atoms with Gasteiger partial charge in [-0.2, -0.15) is 5.10 Å². The number of hydrogen-bond acceptors (Lipinski definition) is 6. The van der Waals surface area contributed by atoms with Gasteiger partial charge in [0.15, 0.2) is 5.65 Å². The van der Waals surface area contributed by atoms with E-state index in [-0.39, 0.29) is 17.8 Å². The van der Waals surface area contributed by atoms with Gasteiger partial charge in [0.1, 0.15) is 12.1 Å². The van der Waals surface area contributed by atoms with Crippen LogP contribution >= 0.6 is 11.6 Å². The van der Waals surface area contributed by atoms with Crippen LogP contribution in [0.2, 0.25) is 5.02 Å². The van der Waals surface area contributed by atoms with Crippen LogP contribution in [0.25, 0.3) is 16.7 Å². The monoisotopic (exact) mass is 399 g/mol. The van der Waals surface area contributed by atoms with Crippen LogP contribution < -0.4 is 5.32 Å². The molecule has 0 saturated heterocycles. The number of hydrogen-bond donors (Lipinski definition) is 1. The molecule has 2 atom stereocenters. The van der Waals surface area contributed by atoms with Crippen molar-refractivity contribution in [2.75, 3.05) is 19.0 Å². The molecule has 1 aromatic carbocycles. The average molecular weight is 400 g/mol. The molecule has 0 spiro atoms. The summed E-state index contributed by atoms with van der Waals surface area (Å²) in [5.74, 6) is 0.771. The highest BCUT2D eigenvalue weighted by Crippen LogP contribution is 2.32. The van der Waals surface area contributed by atoms with Gasteiger partial charge in [-0.3, -0.25) is 4.79 Å². The maximum absolute atomic E-state index is 12.1. The minimum Gasteiger partial charge on any atom is -0.469 e. The summed E-state index contributed by atoms with van der Waals surface area (Å²) in [7, 11) is 1.46. The number of fused-ring (bicyclic) bond motifs is 1. The first kappa shape index (κ1) is 18.7. The van der Waals surface area contributed by atoms with Crippen LogP contribution in [0.3, 0.4) is 0 Å². The van der Waals surface area contributed by atoms with E-state index < -0.39 is 0 Å². The zero-order valence-corrected chi connectivity index (χ0v) is 16.4. The van der Waals surface area contributed by atoms with Gasteiger partial charge in [0, 0.05) is 11.6 Å². The number of nitrogens with one attached hydrogen (secondary N) is 1. The summed E-state index contributed by atoms with van der Waals surface area (Å²) in [6, 6.07) is 7.46. The smallest absolute Gasteiger partial charge is 0.309 e. The van der Waals surface area contributed by atoms with E-state index in [1.54, 1.807) is 10.9 Å². The van der Waals surface area contributed by atoms with Gasteiger partial charge in [-0.15, -0.1) is 0 Å². The summed E-state index contributed by atoms with van der Waals surface area (Å²) in [4.78, 5) is 20.9. The Hall–Kier alpha value is -2.67. The predicted molar refractivity (Wildman–Crippen MR) is 108 cm³/mol. The van der Waals surface area contributed by atoms with Gasteiger partial charge in [-0.05, 0) is 37.0 Å². The highest BCUT2D eigenvalue weighted by molar-refractivity contribution is 6.30. The van der Waals surface area contributed by atoms with Crippen molar-refractivity contribution in [3.63, 3.8) is 0 Å². The van der Waals surface area contributed by atoms with E-state index >= 15 is 0 Å². The van der Waals surface area contributed by atoms with Crippen molar-refractivity contribution in [3.05, 3.63) is 41.8 Å². The van der Waals surface area contributed by atoms with Gasteiger partial charge in [-0.25, -0.2) is 14.6 Å². The van der Waals surface area contributed by atoms with E-state index in [0.29, 0.717) is 23.0 Å². The zero-order chi connectivity index (χ0) is 19.5. The SMILES string of the molecule is COC(=O)C1CCCCC1CNc1ncnc2c1cnn2-c1cccc(Cl)c1. The average Bonchev–Trinajstić information content (AvgIpc) is 3.16. The topological polar surface area (TPSA) is 81.9 Å². The standard InChI is InChI=1S/C20H22ClN5O2/c1-28-20(27)16-8-3-2-5-13(16)10-22-18-17-11-25-26(19(17)24-12-23-18)15-7-4-6-14(21)9-15/h4,6-7,9,11-13,16H,2-3,5,8,10H2,1H3,(H,22,23,24). The number of esters is 1. The van der Waals surface area contributed by atoms with E-state index in [0.717, 1.165) is 36.8 Å². The fourth-order valence-electron chi connectivity index (χ4n) is 3.92. The number of nitrogens with zero attached hydrogens (tertiary/aromatic N) is 4. The Morgan fingerprint density at radius 3 is 3.00 bits per heavy atom. The fourth-order valence-corrected chi connectivity index (χ4v) is 4.11. The van der Waals surface area contributed by atoms with Crippen molar-refractivity contribution in [1.29, 1.82) is 0 Å². The van der Waals surface area contributed by atoms with Crippen LogP contribution in [0.15, 0.2) is 36.8 Å². The molecule has 3 aromatic rings. The summed E-state index contributed by atoms with van der Waals surface area (Å²) < 4.78 is 6.73. The summed E-state index contributed by atoms with van der Waals surface area (Å²) in [5, 5.41) is 9.33. The summed E-state index contributed by atoms with van der Waals surface area (Å²) in [6.07, 6.45) is 7.35. The lowest BCUT2D eigenvalue weighted by molar-refractivity contribution is -0.148. The molecule has 1 N–H and O–H groups in total. The molecule has 146 valence electrons. The highest BCUT2D eigenvalue weighted by Gasteiger charge is 2.31. The Balaban J connectivity index is 1.57. The third kappa shape index (κ3) is 3.67. The Morgan fingerprint density at radius 1 is 1.32 bits per heavy atom. The third-order valence-electron chi connectivity index (χ3n) is 5.36. The largest absolute Gasteiger partial charge is 0.469 e. The van der Waals surface area contributed by atoms with Crippen molar-refractivity contribution in [2.24, 2.45) is 11.8 Å². The van der Waals surface area contributed by atoms with Crippen LogP contribution in [0.1, 0.15) is 25.7 Å². The van der Waals surface area contributed by atoms with Gasteiger partial charge in [-0.1, -0.05) is 30.5 Å². The van der Waals surface area contributed by atoms with Crippen LogP contribution in [-0.4, -0.2) is 39.4 Å². The molecule has 1 fully saturated rings. The lowest BCUT2D eigenvalue weighted by Crippen LogP contribution is -2.32. The number of anilines is 1. The van der Waals surface area contributed by atoms with Crippen LogP contribution in [0.4, 0.5) is 5.82 Å². The lowest BCUT2D eigenvalue weighted by atomic mass is 9.79. The number of ether oxygens (including phenoxy) is 1. The normalized spacial score (nSPS) is 19.5. The molecule has 2 heterocycles. The van der Waals surface area contributed by atoms with Gasteiger partial charge in [0.2, 0.25) is 0 Å².